The van der Waals surface area contributed by atoms with Crippen LogP contribution in [0.15, 0.2) is 65.6 Å². The molecule has 204 valence electrons. The molecule has 1 fully saturated rings. The molecule has 0 aliphatic carbocycles. The van der Waals surface area contributed by atoms with Crippen LogP contribution in [-0.2, 0) is 6.54 Å². The summed E-state index contributed by atoms with van der Waals surface area (Å²) < 4.78 is 16.9. The number of benzene rings is 2. The van der Waals surface area contributed by atoms with Crippen molar-refractivity contribution >= 4 is 28.8 Å². The molecule has 0 saturated carbocycles. The van der Waals surface area contributed by atoms with E-state index in [0.717, 1.165) is 67.7 Å². The molecule has 1 saturated heterocycles. The van der Waals surface area contributed by atoms with Gasteiger partial charge in [-0.15, -0.1) is 0 Å². The Hall–Kier alpha value is -4.01. The highest BCUT2D eigenvalue weighted by atomic mass is 19.1. The number of carbonyl (C=O) groups is 1. The number of rotatable bonds is 9. The third kappa shape index (κ3) is 5.72. The van der Waals surface area contributed by atoms with Gasteiger partial charge in [-0.2, -0.15) is 0 Å². The van der Waals surface area contributed by atoms with Crippen LogP contribution in [0.2, 0.25) is 0 Å². The largest absolute Gasteiger partial charge is 0.342 e. The van der Waals surface area contributed by atoms with Gasteiger partial charge in [-0.3, -0.25) is 9.59 Å². The average molecular weight is 531 g/mol. The van der Waals surface area contributed by atoms with Crippen molar-refractivity contribution in [2.45, 2.75) is 58.0 Å². The summed E-state index contributed by atoms with van der Waals surface area (Å²) in [4.78, 5) is 39.3. The molecule has 1 aliphatic heterocycles. The second kappa shape index (κ2) is 11.8. The molecule has 1 aliphatic rings. The Balaban J connectivity index is 1.34. The minimum Gasteiger partial charge on any atom is -0.342 e. The fraction of sp³-hybridized carbons (Fsp3) is 0.400. The summed E-state index contributed by atoms with van der Waals surface area (Å²) in [5, 5.41) is 0. The van der Waals surface area contributed by atoms with Gasteiger partial charge in [-0.05, 0) is 49.1 Å². The minimum absolute atomic E-state index is 0.125. The van der Waals surface area contributed by atoms with Gasteiger partial charge in [0.25, 0.3) is 5.56 Å². The van der Waals surface area contributed by atoms with E-state index in [4.69, 9.17) is 4.98 Å². The van der Waals surface area contributed by atoms with Crippen molar-refractivity contribution in [2.75, 3.05) is 29.9 Å². The quantitative estimate of drug-likeness (QED) is 0.280. The second-order valence-corrected chi connectivity index (χ2v) is 10.2. The van der Waals surface area contributed by atoms with Crippen molar-refractivity contribution in [1.82, 2.24) is 19.1 Å². The maximum Gasteiger partial charge on any atom is 0.261 e. The first-order valence-electron chi connectivity index (χ1n) is 13.7. The average Bonchev–Trinajstić information content (AvgIpc) is 3.32. The van der Waals surface area contributed by atoms with E-state index >= 15 is 0 Å². The maximum absolute atomic E-state index is 13.5. The molecule has 0 amide bonds. The van der Waals surface area contributed by atoms with Crippen molar-refractivity contribution in [2.24, 2.45) is 0 Å². The number of aromatic nitrogens is 4. The fourth-order valence-corrected chi connectivity index (χ4v) is 5.37. The number of carbonyl (C=O) groups excluding carboxylic acids is 1. The molecule has 0 radical (unpaired) electrons. The zero-order valence-electron chi connectivity index (χ0n) is 22.6. The number of anilines is 2. The van der Waals surface area contributed by atoms with Crippen molar-refractivity contribution in [1.29, 1.82) is 0 Å². The van der Waals surface area contributed by atoms with Crippen LogP contribution in [0.1, 0.15) is 55.8 Å². The molecule has 8 nitrogen and oxygen atoms in total. The lowest BCUT2D eigenvalue weighted by atomic mass is 10.0. The number of hydrogen-bond donors (Lipinski definition) is 0. The highest BCUT2D eigenvalue weighted by molar-refractivity contribution is 5.81. The van der Waals surface area contributed by atoms with Crippen LogP contribution in [-0.4, -0.2) is 51.2 Å². The predicted molar refractivity (Wildman–Crippen MR) is 152 cm³/mol. The van der Waals surface area contributed by atoms with Gasteiger partial charge >= 0.3 is 0 Å². The van der Waals surface area contributed by atoms with Crippen LogP contribution in [0.4, 0.5) is 16.3 Å². The van der Waals surface area contributed by atoms with Crippen LogP contribution >= 0.6 is 0 Å². The Labute approximate surface area is 227 Å². The predicted octanol–water partition coefficient (Wildman–Crippen LogP) is 5.11. The zero-order chi connectivity index (χ0) is 27.4. The third-order valence-corrected chi connectivity index (χ3v) is 7.57. The SMILES string of the molecule is CCCCCC(=O)n1c(N(C)C2CCN(c3nc4ccccc4n3Cc3ccc(F)cc3)CC2)nccc1=O. The van der Waals surface area contributed by atoms with E-state index in [9.17, 15) is 14.0 Å². The number of hydrogen-bond acceptors (Lipinski definition) is 6. The van der Waals surface area contributed by atoms with Gasteiger partial charge in [0, 0.05) is 44.9 Å². The summed E-state index contributed by atoms with van der Waals surface area (Å²) >= 11 is 0. The number of piperidine rings is 1. The van der Waals surface area contributed by atoms with Gasteiger partial charge < -0.3 is 14.4 Å². The van der Waals surface area contributed by atoms with Crippen LogP contribution in [0.3, 0.4) is 0 Å². The molecule has 39 heavy (non-hydrogen) atoms. The molecule has 2 aromatic carbocycles. The van der Waals surface area contributed by atoms with E-state index in [2.05, 4.69) is 27.4 Å². The molecular weight excluding hydrogens is 495 g/mol. The highest BCUT2D eigenvalue weighted by Gasteiger charge is 2.28. The Bertz CT molecular complexity index is 1490. The summed E-state index contributed by atoms with van der Waals surface area (Å²) in [5.41, 5.74) is 2.63. The zero-order valence-corrected chi connectivity index (χ0v) is 22.6. The number of unbranched alkanes of at least 4 members (excludes halogenated alkanes) is 2. The molecule has 3 heterocycles. The van der Waals surface area contributed by atoms with E-state index in [1.807, 2.05) is 42.3 Å². The van der Waals surface area contributed by atoms with E-state index < -0.39 is 0 Å². The third-order valence-electron chi connectivity index (χ3n) is 7.57. The van der Waals surface area contributed by atoms with Gasteiger partial charge in [-0.1, -0.05) is 44.0 Å². The first-order valence-corrected chi connectivity index (χ1v) is 13.7. The molecule has 9 heteroatoms. The first-order chi connectivity index (χ1) is 19.0. The molecule has 5 rings (SSSR count). The van der Waals surface area contributed by atoms with Crippen molar-refractivity contribution in [3.05, 3.63) is 82.5 Å². The number of nitrogens with zero attached hydrogens (tertiary/aromatic N) is 6. The summed E-state index contributed by atoms with van der Waals surface area (Å²) in [6, 6.07) is 16.1. The van der Waals surface area contributed by atoms with E-state index in [0.29, 0.717) is 18.9 Å². The van der Waals surface area contributed by atoms with Crippen molar-refractivity contribution in [3.63, 3.8) is 0 Å². The monoisotopic (exact) mass is 530 g/mol. The lowest BCUT2D eigenvalue weighted by molar-refractivity contribution is 0.0895. The van der Waals surface area contributed by atoms with Gasteiger partial charge in [0.2, 0.25) is 17.8 Å². The Kier molecular flexibility index (Phi) is 8.05. The molecule has 4 aromatic rings. The van der Waals surface area contributed by atoms with Crippen molar-refractivity contribution in [3.8, 4) is 0 Å². The summed E-state index contributed by atoms with van der Waals surface area (Å²) in [5.74, 6) is 0.852. The molecule has 2 aromatic heterocycles. The first kappa shape index (κ1) is 26.6. The molecule has 0 bridgehead atoms. The lowest BCUT2D eigenvalue weighted by Gasteiger charge is -2.38. The smallest absolute Gasteiger partial charge is 0.261 e. The highest BCUT2D eigenvalue weighted by Crippen LogP contribution is 2.28. The van der Waals surface area contributed by atoms with Crippen LogP contribution < -0.4 is 15.4 Å². The molecule has 0 unspecified atom stereocenters. The topological polar surface area (TPSA) is 76.3 Å². The minimum atomic E-state index is -0.333. The molecule has 0 N–H and O–H groups in total. The Morgan fingerprint density at radius 2 is 1.79 bits per heavy atom. The molecule has 0 spiro atoms. The van der Waals surface area contributed by atoms with Crippen molar-refractivity contribution < 1.29 is 9.18 Å². The van der Waals surface area contributed by atoms with Crippen LogP contribution in [0.25, 0.3) is 11.0 Å². The van der Waals surface area contributed by atoms with Gasteiger partial charge in [0.05, 0.1) is 17.6 Å². The summed E-state index contributed by atoms with van der Waals surface area (Å²) in [6.45, 7) is 4.22. The summed E-state index contributed by atoms with van der Waals surface area (Å²) in [7, 11) is 1.92. The van der Waals surface area contributed by atoms with Gasteiger partial charge in [0.1, 0.15) is 5.82 Å². The second-order valence-electron chi connectivity index (χ2n) is 10.2. The van der Waals surface area contributed by atoms with Crippen LogP contribution in [0.5, 0.6) is 0 Å². The number of para-hydroxylation sites is 2. The number of halogens is 1. The lowest BCUT2D eigenvalue weighted by Crippen LogP contribution is -2.46. The van der Waals surface area contributed by atoms with Gasteiger partial charge in [-0.25, -0.2) is 18.9 Å². The van der Waals surface area contributed by atoms with E-state index in [-0.39, 0.29) is 23.3 Å². The standard InChI is InChI=1S/C30H35FN6O2/c1-3-4-5-10-27(38)37-28(39)15-18-32-29(37)34(2)24-16-19-35(20-17-24)30-33-25-8-6-7-9-26(25)36(30)21-22-11-13-23(31)14-12-22/h6-9,11-15,18,24H,3-5,10,16-17,19-21H2,1-2H3. The van der Waals surface area contributed by atoms with E-state index in [1.165, 1.54) is 29.0 Å². The number of imidazole rings is 1. The summed E-state index contributed by atoms with van der Waals surface area (Å²) in [6.07, 6.45) is 6.20. The molecular formula is C30H35FN6O2. The molecule has 0 atom stereocenters. The number of fused-ring (bicyclic) bond motifs is 1. The van der Waals surface area contributed by atoms with Crippen LogP contribution in [0, 0.1) is 5.82 Å². The van der Waals surface area contributed by atoms with Gasteiger partial charge in [0.15, 0.2) is 0 Å². The van der Waals surface area contributed by atoms with E-state index in [1.54, 1.807) is 0 Å². The Morgan fingerprint density at radius 1 is 1.05 bits per heavy atom. The normalized spacial score (nSPS) is 14.2. The Morgan fingerprint density at radius 3 is 2.54 bits per heavy atom. The fourth-order valence-electron chi connectivity index (χ4n) is 5.37. The maximum atomic E-state index is 13.5.